The zero-order valence-electron chi connectivity index (χ0n) is 11.1. The number of anilines is 1. The number of aromatic nitrogens is 1. The van der Waals surface area contributed by atoms with Crippen molar-refractivity contribution in [2.24, 2.45) is 11.8 Å². The predicted molar refractivity (Wildman–Crippen MR) is 71.3 cm³/mol. The van der Waals surface area contributed by atoms with E-state index in [1.54, 1.807) is 7.05 Å². The molecule has 0 fully saturated rings. The molecule has 0 amide bonds. The average Bonchev–Trinajstić information content (AvgIpc) is 2.36. The van der Waals surface area contributed by atoms with Crippen molar-refractivity contribution in [3.8, 4) is 0 Å². The number of nitrogens with zero attached hydrogens (tertiary/aromatic N) is 2. The van der Waals surface area contributed by atoms with Crippen molar-refractivity contribution >= 4 is 15.7 Å². The second kappa shape index (κ2) is 5.64. The van der Waals surface area contributed by atoms with E-state index in [1.807, 2.05) is 20.8 Å². The van der Waals surface area contributed by atoms with E-state index in [0.29, 0.717) is 5.69 Å². The number of hydrogen-bond acceptors (Lipinski definition) is 5. The summed E-state index contributed by atoms with van der Waals surface area (Å²) in [6.45, 7) is 5.82. The normalized spacial score (nSPS) is 13.9. The van der Waals surface area contributed by atoms with Gasteiger partial charge in [0.15, 0.2) is 0 Å². The summed E-state index contributed by atoms with van der Waals surface area (Å²) in [4.78, 5) is 3.93. The minimum atomic E-state index is -3.60. The minimum absolute atomic E-state index is 0.0856. The number of nitrogens with two attached hydrogens (primary N) is 1. The maximum Gasteiger partial charge on any atom is 0.246 e. The van der Waals surface area contributed by atoms with E-state index < -0.39 is 10.0 Å². The Kier molecular flexibility index (Phi) is 4.66. The quantitative estimate of drug-likeness (QED) is 0.617. The van der Waals surface area contributed by atoms with Crippen molar-refractivity contribution in [3.63, 3.8) is 0 Å². The Morgan fingerprint density at radius 2 is 2.00 bits per heavy atom. The van der Waals surface area contributed by atoms with Crippen molar-refractivity contribution in [1.82, 2.24) is 9.29 Å². The number of pyridine rings is 1. The molecule has 1 atom stereocenters. The van der Waals surface area contributed by atoms with Crippen LogP contribution in [-0.2, 0) is 10.0 Å². The van der Waals surface area contributed by atoms with E-state index in [0.717, 1.165) is 0 Å². The SMILES string of the molecule is CC(C)C(C)N(C)S(=O)(=O)c1cnccc1NN. The van der Waals surface area contributed by atoms with Gasteiger partial charge in [-0.15, -0.1) is 0 Å². The maximum absolute atomic E-state index is 12.4. The van der Waals surface area contributed by atoms with Crippen LogP contribution in [0, 0.1) is 5.92 Å². The van der Waals surface area contributed by atoms with Crippen molar-refractivity contribution in [1.29, 1.82) is 0 Å². The molecule has 6 nitrogen and oxygen atoms in total. The number of hydrogen-bond donors (Lipinski definition) is 2. The highest BCUT2D eigenvalue weighted by atomic mass is 32.2. The third kappa shape index (κ3) is 2.80. The van der Waals surface area contributed by atoms with Crippen LogP contribution in [0.25, 0.3) is 0 Å². The van der Waals surface area contributed by atoms with E-state index in [1.165, 1.54) is 22.8 Å². The molecule has 1 rings (SSSR count). The van der Waals surface area contributed by atoms with Gasteiger partial charge in [-0.05, 0) is 18.9 Å². The van der Waals surface area contributed by atoms with Crippen LogP contribution >= 0.6 is 0 Å². The third-order valence-corrected chi connectivity index (χ3v) is 5.11. The Morgan fingerprint density at radius 1 is 1.39 bits per heavy atom. The van der Waals surface area contributed by atoms with Gasteiger partial charge in [-0.1, -0.05) is 13.8 Å². The molecule has 0 aliphatic carbocycles. The standard InChI is InChI=1S/C11H20N4O2S/c1-8(2)9(3)15(4)18(16,17)11-7-13-6-5-10(11)14-12/h5-9H,12H2,1-4H3,(H,13,14). The highest BCUT2D eigenvalue weighted by molar-refractivity contribution is 7.89. The van der Waals surface area contributed by atoms with Gasteiger partial charge in [0.2, 0.25) is 10.0 Å². The van der Waals surface area contributed by atoms with Crippen molar-refractivity contribution in [3.05, 3.63) is 18.5 Å². The molecule has 0 saturated heterocycles. The Bertz CT molecular complexity index is 502. The van der Waals surface area contributed by atoms with Crippen molar-refractivity contribution in [2.45, 2.75) is 31.7 Å². The van der Waals surface area contributed by atoms with Crippen LogP contribution in [-0.4, -0.2) is 30.8 Å². The molecule has 102 valence electrons. The van der Waals surface area contributed by atoms with Crippen LogP contribution in [0.5, 0.6) is 0 Å². The lowest BCUT2D eigenvalue weighted by molar-refractivity contribution is 0.316. The monoisotopic (exact) mass is 272 g/mol. The van der Waals surface area contributed by atoms with E-state index in [2.05, 4.69) is 10.4 Å². The molecule has 0 aromatic carbocycles. The fourth-order valence-electron chi connectivity index (χ4n) is 1.50. The maximum atomic E-state index is 12.4. The molecule has 1 aromatic heterocycles. The molecular formula is C11H20N4O2S. The summed E-state index contributed by atoms with van der Waals surface area (Å²) in [6, 6.07) is 1.42. The van der Waals surface area contributed by atoms with E-state index in [9.17, 15) is 8.42 Å². The van der Waals surface area contributed by atoms with Crippen LogP contribution in [0.1, 0.15) is 20.8 Å². The van der Waals surface area contributed by atoms with Crippen LogP contribution < -0.4 is 11.3 Å². The summed E-state index contributed by atoms with van der Waals surface area (Å²) >= 11 is 0. The minimum Gasteiger partial charge on any atom is -0.323 e. The van der Waals surface area contributed by atoms with E-state index >= 15 is 0 Å². The van der Waals surface area contributed by atoms with Crippen molar-refractivity contribution < 1.29 is 8.42 Å². The van der Waals surface area contributed by atoms with E-state index in [4.69, 9.17) is 5.84 Å². The number of nitrogen functional groups attached to an aromatic ring is 1. The van der Waals surface area contributed by atoms with Gasteiger partial charge in [0.25, 0.3) is 0 Å². The molecular weight excluding hydrogens is 252 g/mol. The lowest BCUT2D eigenvalue weighted by atomic mass is 10.1. The Labute approximate surface area is 108 Å². The lowest BCUT2D eigenvalue weighted by Gasteiger charge is -2.27. The zero-order valence-corrected chi connectivity index (χ0v) is 11.9. The first-order valence-corrected chi connectivity index (χ1v) is 7.15. The number of nitrogens with one attached hydrogen (secondary N) is 1. The fraction of sp³-hybridized carbons (Fsp3) is 0.545. The number of rotatable bonds is 5. The molecule has 1 unspecified atom stereocenters. The highest BCUT2D eigenvalue weighted by Gasteiger charge is 2.29. The Morgan fingerprint density at radius 3 is 2.50 bits per heavy atom. The largest absolute Gasteiger partial charge is 0.323 e. The Hall–Kier alpha value is -1.18. The van der Waals surface area contributed by atoms with Crippen LogP contribution in [0.3, 0.4) is 0 Å². The molecule has 0 aliphatic rings. The first kappa shape index (κ1) is 14.9. The van der Waals surface area contributed by atoms with Gasteiger partial charge in [-0.2, -0.15) is 4.31 Å². The van der Waals surface area contributed by atoms with Gasteiger partial charge in [0.05, 0.1) is 5.69 Å². The Balaban J connectivity index is 3.21. The molecule has 18 heavy (non-hydrogen) atoms. The molecule has 1 aromatic rings. The van der Waals surface area contributed by atoms with E-state index in [-0.39, 0.29) is 16.9 Å². The van der Waals surface area contributed by atoms with Gasteiger partial charge >= 0.3 is 0 Å². The number of hydrazine groups is 1. The summed E-state index contributed by atoms with van der Waals surface area (Å²) in [5, 5.41) is 0. The third-order valence-electron chi connectivity index (χ3n) is 3.14. The smallest absolute Gasteiger partial charge is 0.246 e. The molecule has 0 aliphatic heterocycles. The summed E-state index contributed by atoms with van der Waals surface area (Å²) in [7, 11) is -2.03. The highest BCUT2D eigenvalue weighted by Crippen LogP contribution is 2.24. The summed E-state index contributed by atoms with van der Waals surface area (Å²) in [5.74, 6) is 5.54. The topological polar surface area (TPSA) is 88.3 Å². The van der Waals surface area contributed by atoms with Gasteiger partial charge < -0.3 is 5.43 Å². The second-order valence-electron chi connectivity index (χ2n) is 4.52. The first-order valence-electron chi connectivity index (χ1n) is 5.71. The lowest BCUT2D eigenvalue weighted by Crippen LogP contribution is -2.38. The molecule has 1 heterocycles. The number of sulfonamides is 1. The summed E-state index contributed by atoms with van der Waals surface area (Å²) in [6.07, 6.45) is 2.79. The first-order chi connectivity index (χ1) is 8.32. The summed E-state index contributed by atoms with van der Waals surface area (Å²) in [5.41, 5.74) is 2.72. The molecule has 0 radical (unpaired) electrons. The second-order valence-corrected chi connectivity index (χ2v) is 6.49. The molecule has 0 saturated carbocycles. The molecule has 0 bridgehead atoms. The van der Waals surface area contributed by atoms with Crippen LogP contribution in [0.2, 0.25) is 0 Å². The van der Waals surface area contributed by atoms with Gasteiger partial charge in [-0.25, -0.2) is 8.42 Å². The zero-order chi connectivity index (χ0) is 13.9. The summed E-state index contributed by atoms with van der Waals surface area (Å²) < 4.78 is 26.2. The molecule has 0 spiro atoms. The van der Waals surface area contributed by atoms with Crippen molar-refractivity contribution in [2.75, 3.05) is 12.5 Å². The van der Waals surface area contributed by atoms with Gasteiger partial charge in [0.1, 0.15) is 4.90 Å². The predicted octanol–water partition coefficient (Wildman–Crippen LogP) is 1.03. The van der Waals surface area contributed by atoms with Crippen LogP contribution in [0.15, 0.2) is 23.4 Å². The fourth-order valence-corrected chi connectivity index (χ4v) is 3.09. The molecule has 3 N–H and O–H groups in total. The molecule has 7 heteroatoms. The van der Waals surface area contributed by atoms with Crippen LogP contribution in [0.4, 0.5) is 5.69 Å². The van der Waals surface area contributed by atoms with Gasteiger partial charge in [-0.3, -0.25) is 10.8 Å². The van der Waals surface area contributed by atoms with Gasteiger partial charge in [0, 0.05) is 25.5 Å². The average molecular weight is 272 g/mol.